The maximum Gasteiger partial charge on any atom is 0.152 e. The Kier molecular flexibility index (Phi) is 7.53. The third-order valence-corrected chi connectivity index (χ3v) is 6.88. The number of furan rings is 1. The quantitative estimate of drug-likeness (QED) is 0.232. The van der Waals surface area contributed by atoms with Gasteiger partial charge in [-0.15, -0.1) is 0 Å². The molecule has 0 saturated heterocycles. The van der Waals surface area contributed by atoms with Crippen LogP contribution in [0.5, 0.6) is 11.5 Å². The molecule has 5 rings (SSSR count). The summed E-state index contributed by atoms with van der Waals surface area (Å²) in [5.41, 5.74) is 4.05. The second-order valence-electron chi connectivity index (χ2n) is 9.22. The summed E-state index contributed by atoms with van der Waals surface area (Å²) >= 11 is 0. The molecule has 200 valence electrons. The van der Waals surface area contributed by atoms with Crippen molar-refractivity contribution in [2.75, 3.05) is 23.9 Å². The van der Waals surface area contributed by atoms with Crippen LogP contribution in [0.25, 0.3) is 22.4 Å². The molecule has 11 heteroatoms. The number of nitrogens with zero attached hydrogens (tertiary/aromatic N) is 4. The Morgan fingerprint density at radius 3 is 2.59 bits per heavy atom. The normalized spacial score (nSPS) is 11.6. The van der Waals surface area contributed by atoms with Gasteiger partial charge in [0.2, 0.25) is 0 Å². The van der Waals surface area contributed by atoms with Gasteiger partial charge in [-0.2, -0.15) is 0 Å². The van der Waals surface area contributed by atoms with Crippen molar-refractivity contribution in [2.45, 2.75) is 20.4 Å². The molecule has 0 fully saturated rings. The number of fused-ring (bicyclic) bond motifs is 1. The molecule has 0 aliphatic carbocycles. The van der Waals surface area contributed by atoms with Crippen LogP contribution in [0.3, 0.4) is 0 Å². The average molecular weight is 545 g/mol. The van der Waals surface area contributed by atoms with E-state index < -0.39 is 9.84 Å². The van der Waals surface area contributed by atoms with Crippen molar-refractivity contribution in [2.24, 2.45) is 0 Å². The van der Waals surface area contributed by atoms with Crippen LogP contribution >= 0.6 is 0 Å². The predicted molar refractivity (Wildman–Crippen MR) is 150 cm³/mol. The largest absolute Gasteiger partial charge is 0.458 e. The average Bonchev–Trinajstić information content (AvgIpc) is 3.38. The van der Waals surface area contributed by atoms with Crippen molar-refractivity contribution in [1.82, 2.24) is 25.3 Å². The lowest BCUT2D eigenvalue weighted by atomic mass is 10.2. The summed E-state index contributed by atoms with van der Waals surface area (Å²) in [5, 5.41) is 7.25. The molecule has 0 atom stereocenters. The fourth-order valence-electron chi connectivity index (χ4n) is 3.89. The second kappa shape index (κ2) is 11.2. The van der Waals surface area contributed by atoms with E-state index in [0.29, 0.717) is 47.4 Å². The fourth-order valence-corrected chi connectivity index (χ4v) is 4.41. The van der Waals surface area contributed by atoms with Gasteiger partial charge in [0.1, 0.15) is 44.9 Å². The lowest BCUT2D eigenvalue weighted by Crippen LogP contribution is -2.21. The number of aryl methyl sites for hydroxylation is 2. The highest BCUT2D eigenvalue weighted by atomic mass is 32.2. The first-order valence-electron chi connectivity index (χ1n) is 12.3. The van der Waals surface area contributed by atoms with Gasteiger partial charge < -0.3 is 19.8 Å². The monoisotopic (exact) mass is 544 g/mol. The van der Waals surface area contributed by atoms with Gasteiger partial charge in [-0.3, -0.25) is 9.97 Å². The zero-order valence-corrected chi connectivity index (χ0v) is 22.6. The molecular formula is C28H28N6O4S. The number of benzene rings is 1. The zero-order chi connectivity index (χ0) is 27.4. The van der Waals surface area contributed by atoms with Crippen molar-refractivity contribution in [3.63, 3.8) is 0 Å². The molecule has 0 radical (unpaired) electrons. The van der Waals surface area contributed by atoms with Crippen molar-refractivity contribution in [1.29, 1.82) is 0 Å². The van der Waals surface area contributed by atoms with E-state index in [2.05, 4.69) is 30.6 Å². The minimum absolute atomic E-state index is 0.0715. The highest BCUT2D eigenvalue weighted by Crippen LogP contribution is 2.31. The van der Waals surface area contributed by atoms with Crippen LogP contribution in [-0.4, -0.2) is 46.9 Å². The van der Waals surface area contributed by atoms with Gasteiger partial charge in [0.05, 0.1) is 30.2 Å². The molecule has 2 N–H and O–H groups in total. The molecule has 0 unspecified atom stereocenters. The van der Waals surface area contributed by atoms with Crippen LogP contribution in [0, 0.1) is 13.8 Å². The van der Waals surface area contributed by atoms with E-state index in [4.69, 9.17) is 9.15 Å². The van der Waals surface area contributed by atoms with E-state index in [9.17, 15) is 8.42 Å². The number of rotatable bonds is 10. The minimum atomic E-state index is -3.01. The molecule has 0 bridgehead atoms. The van der Waals surface area contributed by atoms with Crippen molar-refractivity contribution in [3.8, 4) is 23.0 Å². The van der Waals surface area contributed by atoms with Crippen LogP contribution in [0.1, 0.15) is 17.0 Å². The van der Waals surface area contributed by atoms with E-state index in [1.54, 1.807) is 12.4 Å². The standard InChI is InChI=1S/C28H28N6O4S/c1-18-12-20(5-8-26(18)37-22-6-4-19(2)30-15-22)34-28-23-13-24(31-16-25(23)32-17-33-28)27-9-7-21(38-27)14-29-10-11-39(3,35)36/h4-9,12-13,15-17,29H,10-11,14H2,1-3H3,(H,32,33,34). The third kappa shape index (κ3) is 6.75. The van der Waals surface area contributed by atoms with Crippen LogP contribution in [0.15, 0.2) is 71.7 Å². The fraction of sp³-hybridized carbons (Fsp3) is 0.214. The van der Waals surface area contributed by atoms with Gasteiger partial charge in [0, 0.05) is 29.6 Å². The molecule has 10 nitrogen and oxygen atoms in total. The molecule has 0 aliphatic rings. The summed E-state index contributed by atoms with van der Waals surface area (Å²) in [4.78, 5) is 17.6. The SMILES string of the molecule is Cc1ccc(Oc2ccc(Nc3ncnc4cnc(-c5ccc(CNCCS(C)(=O)=O)o5)cc34)cc2C)cn1. The molecule has 4 aromatic heterocycles. The summed E-state index contributed by atoms with van der Waals surface area (Å²) in [5.74, 6) is 3.40. The molecular weight excluding hydrogens is 516 g/mol. The first kappa shape index (κ1) is 26.3. The topological polar surface area (TPSA) is 132 Å². The molecule has 1 aromatic carbocycles. The summed E-state index contributed by atoms with van der Waals surface area (Å²) in [6.45, 7) is 4.68. The Hall–Kier alpha value is -4.35. The van der Waals surface area contributed by atoms with E-state index in [0.717, 1.165) is 28.1 Å². The van der Waals surface area contributed by atoms with E-state index in [1.165, 1.54) is 12.6 Å². The lowest BCUT2D eigenvalue weighted by molar-refractivity contribution is 0.476. The summed E-state index contributed by atoms with van der Waals surface area (Å²) < 4.78 is 34.5. The van der Waals surface area contributed by atoms with Gasteiger partial charge in [0.15, 0.2) is 5.76 Å². The van der Waals surface area contributed by atoms with Crippen LogP contribution < -0.4 is 15.4 Å². The predicted octanol–water partition coefficient (Wildman–Crippen LogP) is 4.97. The van der Waals surface area contributed by atoms with Crippen LogP contribution in [0.4, 0.5) is 11.5 Å². The van der Waals surface area contributed by atoms with Gasteiger partial charge in [-0.05, 0) is 67.9 Å². The third-order valence-electron chi connectivity index (χ3n) is 5.93. The van der Waals surface area contributed by atoms with Gasteiger partial charge >= 0.3 is 0 Å². The van der Waals surface area contributed by atoms with Crippen LogP contribution in [-0.2, 0) is 16.4 Å². The first-order valence-corrected chi connectivity index (χ1v) is 14.4. The zero-order valence-electron chi connectivity index (χ0n) is 21.8. The number of nitrogens with one attached hydrogen (secondary N) is 2. The minimum Gasteiger partial charge on any atom is -0.458 e. The van der Waals surface area contributed by atoms with Crippen molar-refractivity contribution in [3.05, 3.63) is 84.3 Å². The van der Waals surface area contributed by atoms with Crippen molar-refractivity contribution < 1.29 is 17.6 Å². The second-order valence-corrected chi connectivity index (χ2v) is 11.5. The van der Waals surface area contributed by atoms with Crippen LogP contribution in [0.2, 0.25) is 0 Å². The van der Waals surface area contributed by atoms with Gasteiger partial charge in [-0.1, -0.05) is 0 Å². The molecule has 39 heavy (non-hydrogen) atoms. The molecule has 0 spiro atoms. The number of hydrogen-bond acceptors (Lipinski definition) is 10. The molecule has 0 saturated carbocycles. The maximum atomic E-state index is 11.3. The summed E-state index contributed by atoms with van der Waals surface area (Å²) in [7, 11) is -3.01. The highest BCUT2D eigenvalue weighted by Gasteiger charge is 2.12. The number of ether oxygens (including phenoxy) is 1. The smallest absolute Gasteiger partial charge is 0.152 e. The van der Waals surface area contributed by atoms with E-state index >= 15 is 0 Å². The molecule has 0 aliphatic heterocycles. The number of aromatic nitrogens is 4. The maximum absolute atomic E-state index is 11.3. The molecule has 4 heterocycles. The number of hydrogen-bond donors (Lipinski definition) is 2. The Balaban J connectivity index is 1.32. The molecule has 0 amide bonds. The Morgan fingerprint density at radius 2 is 1.82 bits per heavy atom. The highest BCUT2D eigenvalue weighted by molar-refractivity contribution is 7.90. The first-order chi connectivity index (χ1) is 18.7. The lowest BCUT2D eigenvalue weighted by Gasteiger charge is -2.12. The Labute approximate surface area is 226 Å². The number of anilines is 2. The van der Waals surface area contributed by atoms with Gasteiger partial charge in [-0.25, -0.2) is 18.4 Å². The number of sulfone groups is 1. The number of pyridine rings is 2. The van der Waals surface area contributed by atoms with Gasteiger partial charge in [0.25, 0.3) is 0 Å². The Bertz CT molecular complexity index is 1720. The Morgan fingerprint density at radius 1 is 0.949 bits per heavy atom. The van der Waals surface area contributed by atoms with Crippen molar-refractivity contribution >= 4 is 32.2 Å². The molecule has 5 aromatic rings. The van der Waals surface area contributed by atoms with E-state index in [-0.39, 0.29) is 5.75 Å². The summed E-state index contributed by atoms with van der Waals surface area (Å²) in [6, 6.07) is 15.2. The van der Waals surface area contributed by atoms with E-state index in [1.807, 2.05) is 62.4 Å². The summed E-state index contributed by atoms with van der Waals surface area (Å²) in [6.07, 6.45) is 6.10.